The minimum absolute atomic E-state index is 0.134. The molecule has 2 rings (SSSR count). The second kappa shape index (κ2) is 5.95. The predicted octanol–water partition coefficient (Wildman–Crippen LogP) is 3.90. The Bertz CT molecular complexity index is 653. The number of phenols is 2. The molecule has 4 nitrogen and oxygen atoms in total. The molecule has 3 N–H and O–H groups in total. The fraction of sp³-hybridized carbons (Fsp3) is 0.294. The maximum absolute atomic E-state index is 9.92. The largest absolute Gasteiger partial charge is 0.508 e. The maximum atomic E-state index is 9.92. The van der Waals surface area contributed by atoms with Gasteiger partial charge in [-0.15, -0.1) is 0 Å². The lowest BCUT2D eigenvalue weighted by Crippen LogP contribution is -2.08. The van der Waals surface area contributed by atoms with Crippen molar-refractivity contribution in [2.24, 2.45) is 0 Å². The quantitative estimate of drug-likeness (QED) is 0.746. The summed E-state index contributed by atoms with van der Waals surface area (Å²) in [6.45, 7) is 5.92. The van der Waals surface area contributed by atoms with E-state index in [1.54, 1.807) is 13.2 Å². The number of methoxy groups -OCH3 is 1. The van der Waals surface area contributed by atoms with Gasteiger partial charge in [0.2, 0.25) is 0 Å². The van der Waals surface area contributed by atoms with E-state index in [1.165, 1.54) is 12.1 Å². The van der Waals surface area contributed by atoms with Gasteiger partial charge in [-0.3, -0.25) is 0 Å². The first kappa shape index (κ1) is 15.0. The topological polar surface area (TPSA) is 61.7 Å². The SMILES string of the molecule is COc1c(C)ccc(NC(C)c2cc(O)ccc2O)c1C. The van der Waals surface area contributed by atoms with Gasteiger partial charge in [0.15, 0.2) is 0 Å². The third-order valence-electron chi connectivity index (χ3n) is 3.66. The third-order valence-corrected chi connectivity index (χ3v) is 3.66. The van der Waals surface area contributed by atoms with Crippen LogP contribution in [0, 0.1) is 13.8 Å². The van der Waals surface area contributed by atoms with E-state index >= 15 is 0 Å². The zero-order valence-electron chi connectivity index (χ0n) is 12.8. The van der Waals surface area contributed by atoms with Gasteiger partial charge in [-0.05, 0) is 50.6 Å². The molecule has 0 aromatic heterocycles. The molecule has 0 amide bonds. The molecule has 0 aliphatic carbocycles. The van der Waals surface area contributed by atoms with Crippen molar-refractivity contribution < 1.29 is 14.9 Å². The molecule has 112 valence electrons. The van der Waals surface area contributed by atoms with Gasteiger partial charge in [0.05, 0.1) is 13.2 Å². The molecule has 0 saturated heterocycles. The first-order valence-corrected chi connectivity index (χ1v) is 6.86. The van der Waals surface area contributed by atoms with Crippen molar-refractivity contribution in [2.75, 3.05) is 12.4 Å². The van der Waals surface area contributed by atoms with Crippen LogP contribution in [0.25, 0.3) is 0 Å². The monoisotopic (exact) mass is 287 g/mol. The van der Waals surface area contributed by atoms with E-state index < -0.39 is 0 Å². The molecule has 2 aromatic rings. The van der Waals surface area contributed by atoms with Gasteiger partial charge in [-0.1, -0.05) is 6.07 Å². The van der Waals surface area contributed by atoms with Crippen molar-refractivity contribution in [1.82, 2.24) is 0 Å². The van der Waals surface area contributed by atoms with Crippen molar-refractivity contribution >= 4 is 5.69 Å². The average molecular weight is 287 g/mol. The number of ether oxygens (including phenoxy) is 1. The highest BCUT2D eigenvalue weighted by Crippen LogP contribution is 2.34. The van der Waals surface area contributed by atoms with Crippen molar-refractivity contribution in [3.05, 3.63) is 47.0 Å². The predicted molar refractivity (Wildman–Crippen MR) is 84.3 cm³/mol. The van der Waals surface area contributed by atoms with E-state index in [-0.39, 0.29) is 17.5 Å². The lowest BCUT2D eigenvalue weighted by molar-refractivity contribution is 0.409. The first-order chi connectivity index (χ1) is 9.93. The van der Waals surface area contributed by atoms with Gasteiger partial charge >= 0.3 is 0 Å². The number of rotatable bonds is 4. The van der Waals surface area contributed by atoms with Crippen molar-refractivity contribution in [3.63, 3.8) is 0 Å². The minimum Gasteiger partial charge on any atom is -0.508 e. The zero-order chi connectivity index (χ0) is 15.6. The normalized spacial score (nSPS) is 12.0. The molecule has 0 aliphatic heterocycles. The Morgan fingerprint density at radius 1 is 1.10 bits per heavy atom. The molecular formula is C17H21NO3. The summed E-state index contributed by atoms with van der Waals surface area (Å²) in [5, 5.41) is 22.8. The minimum atomic E-state index is -0.150. The molecule has 21 heavy (non-hydrogen) atoms. The molecule has 1 atom stereocenters. The van der Waals surface area contributed by atoms with Crippen LogP contribution >= 0.6 is 0 Å². The first-order valence-electron chi connectivity index (χ1n) is 6.86. The summed E-state index contributed by atoms with van der Waals surface area (Å²) < 4.78 is 5.42. The third kappa shape index (κ3) is 3.05. The summed E-state index contributed by atoms with van der Waals surface area (Å²) in [7, 11) is 1.66. The second-order valence-electron chi connectivity index (χ2n) is 5.20. The van der Waals surface area contributed by atoms with Crippen LogP contribution in [0.5, 0.6) is 17.2 Å². The highest BCUT2D eigenvalue weighted by Gasteiger charge is 2.14. The maximum Gasteiger partial charge on any atom is 0.126 e. The lowest BCUT2D eigenvalue weighted by Gasteiger charge is -2.20. The standard InChI is InChI=1S/C17H21NO3/c1-10-5-7-15(11(2)17(10)21-4)18-12(3)14-9-13(19)6-8-16(14)20/h5-9,12,18-20H,1-4H3. The molecule has 0 bridgehead atoms. The Morgan fingerprint density at radius 3 is 2.48 bits per heavy atom. The Hall–Kier alpha value is -2.36. The summed E-state index contributed by atoms with van der Waals surface area (Å²) >= 11 is 0. The second-order valence-corrected chi connectivity index (χ2v) is 5.20. The number of aromatic hydroxyl groups is 2. The highest BCUT2D eigenvalue weighted by molar-refractivity contribution is 5.61. The molecule has 0 fully saturated rings. The van der Waals surface area contributed by atoms with Crippen LogP contribution < -0.4 is 10.1 Å². The van der Waals surface area contributed by atoms with Gasteiger partial charge in [0.1, 0.15) is 17.2 Å². The van der Waals surface area contributed by atoms with E-state index in [0.29, 0.717) is 5.56 Å². The van der Waals surface area contributed by atoms with Crippen LogP contribution in [0.4, 0.5) is 5.69 Å². The molecule has 1 unspecified atom stereocenters. The number of nitrogens with one attached hydrogen (secondary N) is 1. The van der Waals surface area contributed by atoms with Crippen LogP contribution in [0.15, 0.2) is 30.3 Å². The molecular weight excluding hydrogens is 266 g/mol. The van der Waals surface area contributed by atoms with Crippen LogP contribution in [0.1, 0.15) is 29.7 Å². The van der Waals surface area contributed by atoms with E-state index in [9.17, 15) is 10.2 Å². The molecule has 0 heterocycles. The van der Waals surface area contributed by atoms with Gasteiger partial charge in [0.25, 0.3) is 0 Å². The number of aryl methyl sites for hydroxylation is 1. The Labute approximate surface area is 125 Å². The van der Waals surface area contributed by atoms with Crippen molar-refractivity contribution in [2.45, 2.75) is 26.8 Å². The number of anilines is 1. The van der Waals surface area contributed by atoms with Crippen LogP contribution in [-0.4, -0.2) is 17.3 Å². The van der Waals surface area contributed by atoms with Gasteiger partial charge in [-0.2, -0.15) is 0 Å². The number of hydrogen-bond donors (Lipinski definition) is 3. The summed E-state index contributed by atoms with van der Waals surface area (Å²) in [5.41, 5.74) is 3.68. The van der Waals surface area contributed by atoms with Gasteiger partial charge < -0.3 is 20.3 Å². The molecule has 2 aromatic carbocycles. The number of hydrogen-bond acceptors (Lipinski definition) is 4. The fourth-order valence-corrected chi connectivity index (χ4v) is 2.50. The Balaban J connectivity index is 2.32. The summed E-state index contributed by atoms with van der Waals surface area (Å²) in [6, 6.07) is 8.35. The molecule has 0 spiro atoms. The van der Waals surface area contributed by atoms with Crippen molar-refractivity contribution in [3.8, 4) is 17.2 Å². The number of phenolic OH excluding ortho intramolecular Hbond substituents is 2. The smallest absolute Gasteiger partial charge is 0.126 e. The summed E-state index contributed by atoms with van der Waals surface area (Å²) in [5.74, 6) is 1.14. The Kier molecular flexibility index (Phi) is 4.26. The van der Waals surface area contributed by atoms with E-state index in [1.807, 2.05) is 32.9 Å². The highest BCUT2D eigenvalue weighted by atomic mass is 16.5. The van der Waals surface area contributed by atoms with E-state index in [2.05, 4.69) is 5.32 Å². The summed E-state index contributed by atoms with van der Waals surface area (Å²) in [4.78, 5) is 0. The van der Waals surface area contributed by atoms with Gasteiger partial charge in [-0.25, -0.2) is 0 Å². The zero-order valence-corrected chi connectivity index (χ0v) is 12.8. The molecule has 0 aliphatic rings. The molecule has 4 heteroatoms. The Morgan fingerprint density at radius 2 is 1.81 bits per heavy atom. The van der Waals surface area contributed by atoms with Crippen molar-refractivity contribution in [1.29, 1.82) is 0 Å². The molecule has 0 saturated carbocycles. The van der Waals surface area contributed by atoms with E-state index in [4.69, 9.17) is 4.74 Å². The van der Waals surface area contributed by atoms with Crippen LogP contribution in [0.2, 0.25) is 0 Å². The average Bonchev–Trinajstić information content (AvgIpc) is 2.45. The van der Waals surface area contributed by atoms with Crippen LogP contribution in [-0.2, 0) is 0 Å². The molecule has 0 radical (unpaired) electrons. The fourth-order valence-electron chi connectivity index (χ4n) is 2.50. The summed E-state index contributed by atoms with van der Waals surface area (Å²) in [6.07, 6.45) is 0. The van der Waals surface area contributed by atoms with Gasteiger partial charge in [0, 0.05) is 16.8 Å². The lowest BCUT2D eigenvalue weighted by atomic mass is 10.0. The van der Waals surface area contributed by atoms with E-state index in [0.717, 1.165) is 22.6 Å². The van der Waals surface area contributed by atoms with Crippen LogP contribution in [0.3, 0.4) is 0 Å². The number of benzene rings is 2.